The number of hydrogen-bond donors (Lipinski definition) is 0. The molecule has 2 rings (SSSR count). The SMILES string of the molecule is CCOC(=O)N(Cc1ccccc1)OCc1ccccc1C. The summed E-state index contributed by atoms with van der Waals surface area (Å²) in [7, 11) is 0. The number of carbonyl (C=O) groups excluding carboxylic acids is 1. The zero-order valence-electron chi connectivity index (χ0n) is 13.0. The molecule has 1 amide bonds. The van der Waals surface area contributed by atoms with Crippen molar-refractivity contribution < 1.29 is 14.4 Å². The van der Waals surface area contributed by atoms with Gasteiger partial charge in [-0.25, -0.2) is 4.79 Å². The second kappa shape index (κ2) is 8.20. The van der Waals surface area contributed by atoms with Crippen molar-refractivity contribution in [1.29, 1.82) is 0 Å². The lowest BCUT2D eigenvalue weighted by Gasteiger charge is -2.21. The Morgan fingerprint density at radius 1 is 1.05 bits per heavy atom. The number of benzene rings is 2. The molecule has 0 unspecified atom stereocenters. The van der Waals surface area contributed by atoms with Gasteiger partial charge in [0.2, 0.25) is 0 Å². The Morgan fingerprint density at radius 3 is 2.41 bits per heavy atom. The van der Waals surface area contributed by atoms with Crippen LogP contribution < -0.4 is 0 Å². The molecule has 4 nitrogen and oxygen atoms in total. The first-order valence-corrected chi connectivity index (χ1v) is 7.36. The molecule has 0 radical (unpaired) electrons. The zero-order chi connectivity index (χ0) is 15.8. The Balaban J connectivity index is 2.04. The van der Waals surface area contributed by atoms with E-state index in [1.54, 1.807) is 6.92 Å². The normalized spacial score (nSPS) is 10.3. The van der Waals surface area contributed by atoms with Crippen molar-refractivity contribution in [3.63, 3.8) is 0 Å². The van der Waals surface area contributed by atoms with Gasteiger partial charge in [0.05, 0.1) is 13.2 Å². The lowest BCUT2D eigenvalue weighted by molar-refractivity contribution is -0.152. The quantitative estimate of drug-likeness (QED) is 0.754. The molecule has 0 saturated carbocycles. The molecule has 0 atom stereocenters. The van der Waals surface area contributed by atoms with E-state index in [4.69, 9.17) is 9.57 Å². The Labute approximate surface area is 131 Å². The van der Waals surface area contributed by atoms with Crippen molar-refractivity contribution in [3.8, 4) is 0 Å². The van der Waals surface area contributed by atoms with Crippen molar-refractivity contribution in [3.05, 3.63) is 71.3 Å². The summed E-state index contributed by atoms with van der Waals surface area (Å²) in [6.45, 7) is 4.80. The van der Waals surface area contributed by atoms with Gasteiger partial charge < -0.3 is 4.74 Å². The van der Waals surface area contributed by atoms with Crippen molar-refractivity contribution in [2.75, 3.05) is 6.61 Å². The number of amides is 1. The van der Waals surface area contributed by atoms with Crippen LogP contribution in [0.5, 0.6) is 0 Å². The van der Waals surface area contributed by atoms with E-state index in [9.17, 15) is 4.79 Å². The molecule has 0 heterocycles. The summed E-state index contributed by atoms with van der Waals surface area (Å²) >= 11 is 0. The van der Waals surface area contributed by atoms with Crippen LogP contribution in [-0.2, 0) is 22.7 Å². The van der Waals surface area contributed by atoms with Gasteiger partial charge in [-0.1, -0.05) is 54.6 Å². The van der Waals surface area contributed by atoms with Crippen LogP contribution in [0.4, 0.5) is 4.79 Å². The van der Waals surface area contributed by atoms with E-state index >= 15 is 0 Å². The highest BCUT2D eigenvalue weighted by Gasteiger charge is 2.16. The van der Waals surface area contributed by atoms with Gasteiger partial charge in [-0.3, -0.25) is 4.84 Å². The van der Waals surface area contributed by atoms with Gasteiger partial charge in [-0.15, -0.1) is 0 Å². The predicted molar refractivity (Wildman–Crippen MR) is 85.0 cm³/mol. The fraction of sp³-hybridized carbons (Fsp3) is 0.278. The number of ether oxygens (including phenoxy) is 1. The maximum atomic E-state index is 12.0. The van der Waals surface area contributed by atoms with Crippen LogP contribution in [0.25, 0.3) is 0 Å². The van der Waals surface area contributed by atoms with Gasteiger partial charge >= 0.3 is 6.09 Å². The van der Waals surface area contributed by atoms with E-state index in [0.29, 0.717) is 19.8 Å². The van der Waals surface area contributed by atoms with E-state index in [0.717, 1.165) is 16.7 Å². The molecular weight excluding hydrogens is 278 g/mol. The minimum absolute atomic E-state index is 0.317. The summed E-state index contributed by atoms with van der Waals surface area (Å²) in [6, 6.07) is 17.6. The highest BCUT2D eigenvalue weighted by molar-refractivity contribution is 5.66. The van der Waals surface area contributed by atoms with Crippen LogP contribution in [0, 0.1) is 6.92 Å². The second-order valence-corrected chi connectivity index (χ2v) is 4.92. The molecule has 22 heavy (non-hydrogen) atoms. The van der Waals surface area contributed by atoms with Gasteiger partial charge in [-0.05, 0) is 30.5 Å². The summed E-state index contributed by atoms with van der Waals surface area (Å²) in [6.07, 6.45) is -0.472. The van der Waals surface area contributed by atoms with E-state index in [-0.39, 0.29) is 0 Å². The average Bonchev–Trinajstić information content (AvgIpc) is 2.54. The fourth-order valence-corrected chi connectivity index (χ4v) is 2.03. The smallest absolute Gasteiger partial charge is 0.434 e. The van der Waals surface area contributed by atoms with Crippen molar-refractivity contribution >= 4 is 6.09 Å². The minimum Gasteiger partial charge on any atom is -0.448 e. The number of aryl methyl sites for hydroxylation is 1. The van der Waals surface area contributed by atoms with Crippen molar-refractivity contribution in [1.82, 2.24) is 5.06 Å². The number of hydroxylamine groups is 2. The minimum atomic E-state index is -0.472. The molecular formula is C18H21NO3. The third-order valence-electron chi connectivity index (χ3n) is 3.28. The molecule has 0 N–H and O–H groups in total. The van der Waals surface area contributed by atoms with Crippen LogP contribution in [-0.4, -0.2) is 17.8 Å². The van der Waals surface area contributed by atoms with Gasteiger partial charge in [0.25, 0.3) is 0 Å². The molecule has 0 aliphatic rings. The highest BCUT2D eigenvalue weighted by atomic mass is 16.7. The van der Waals surface area contributed by atoms with Crippen LogP contribution in [0.1, 0.15) is 23.6 Å². The lowest BCUT2D eigenvalue weighted by Crippen LogP contribution is -2.31. The molecule has 116 valence electrons. The fourth-order valence-electron chi connectivity index (χ4n) is 2.03. The predicted octanol–water partition coefficient (Wildman–Crippen LogP) is 4.09. The molecule has 0 aliphatic carbocycles. The third kappa shape index (κ3) is 4.60. The number of rotatable bonds is 6. The summed E-state index contributed by atoms with van der Waals surface area (Å²) < 4.78 is 5.06. The molecule has 0 saturated heterocycles. The second-order valence-electron chi connectivity index (χ2n) is 4.92. The molecule has 0 bridgehead atoms. The Bertz CT molecular complexity index is 598. The summed E-state index contributed by atoms with van der Waals surface area (Å²) in [4.78, 5) is 17.7. The molecule has 0 spiro atoms. The van der Waals surface area contributed by atoms with Crippen molar-refractivity contribution in [2.45, 2.75) is 27.0 Å². The molecule has 2 aromatic rings. The zero-order valence-corrected chi connectivity index (χ0v) is 13.0. The van der Waals surface area contributed by atoms with Crippen LogP contribution in [0.3, 0.4) is 0 Å². The van der Waals surface area contributed by atoms with E-state index in [1.807, 2.05) is 61.5 Å². The van der Waals surface area contributed by atoms with Crippen molar-refractivity contribution in [2.24, 2.45) is 0 Å². The number of nitrogens with zero attached hydrogens (tertiary/aromatic N) is 1. The Morgan fingerprint density at radius 2 is 1.73 bits per heavy atom. The Kier molecular flexibility index (Phi) is 5.98. The largest absolute Gasteiger partial charge is 0.448 e. The van der Waals surface area contributed by atoms with E-state index in [1.165, 1.54) is 5.06 Å². The van der Waals surface area contributed by atoms with E-state index in [2.05, 4.69) is 0 Å². The van der Waals surface area contributed by atoms with Gasteiger partial charge in [0.15, 0.2) is 0 Å². The summed E-state index contributed by atoms with van der Waals surface area (Å²) in [5, 5.41) is 1.27. The van der Waals surface area contributed by atoms with Crippen LogP contribution >= 0.6 is 0 Å². The molecule has 4 heteroatoms. The molecule has 0 fully saturated rings. The lowest BCUT2D eigenvalue weighted by atomic mass is 10.1. The molecule has 0 aliphatic heterocycles. The van der Waals surface area contributed by atoms with Gasteiger partial charge in [0, 0.05) is 0 Å². The monoisotopic (exact) mass is 299 g/mol. The number of carbonyl (C=O) groups is 1. The van der Waals surface area contributed by atoms with Crippen LogP contribution in [0.15, 0.2) is 54.6 Å². The topological polar surface area (TPSA) is 38.8 Å². The highest BCUT2D eigenvalue weighted by Crippen LogP contribution is 2.12. The average molecular weight is 299 g/mol. The summed E-state index contributed by atoms with van der Waals surface area (Å²) in [5.41, 5.74) is 3.16. The maximum Gasteiger partial charge on any atom is 0.434 e. The standard InChI is InChI=1S/C18H21NO3/c1-3-21-18(20)19(13-16-10-5-4-6-11-16)22-14-17-12-8-7-9-15(17)2/h4-12H,3,13-14H2,1-2H3. The molecule has 2 aromatic carbocycles. The van der Waals surface area contributed by atoms with E-state index < -0.39 is 6.09 Å². The number of hydrogen-bond acceptors (Lipinski definition) is 3. The van der Waals surface area contributed by atoms with Gasteiger partial charge in [0.1, 0.15) is 6.61 Å². The first kappa shape index (κ1) is 16.0. The Hall–Kier alpha value is -2.33. The maximum absolute atomic E-state index is 12.0. The first-order valence-electron chi connectivity index (χ1n) is 7.36. The van der Waals surface area contributed by atoms with Crippen LogP contribution in [0.2, 0.25) is 0 Å². The third-order valence-corrected chi connectivity index (χ3v) is 3.28. The summed E-state index contributed by atoms with van der Waals surface area (Å²) in [5.74, 6) is 0. The first-order chi connectivity index (χ1) is 10.7. The molecule has 0 aromatic heterocycles. The van der Waals surface area contributed by atoms with Gasteiger partial charge in [-0.2, -0.15) is 5.06 Å².